The number of piperidine rings is 1. The SMILES string of the molecule is CC1CCN(C2=C(c3ccc([N+](=O)[O-])cc3)C(=O)N(CCc3ccccc3)C2=O)CC1. The van der Waals surface area contributed by atoms with Crippen LogP contribution in [0.2, 0.25) is 0 Å². The minimum absolute atomic E-state index is 0.0459. The fraction of sp³-hybridized carbons (Fsp3) is 0.333. The summed E-state index contributed by atoms with van der Waals surface area (Å²) in [5, 5.41) is 11.0. The van der Waals surface area contributed by atoms with Gasteiger partial charge < -0.3 is 4.90 Å². The van der Waals surface area contributed by atoms with Gasteiger partial charge in [-0.1, -0.05) is 37.3 Å². The van der Waals surface area contributed by atoms with Gasteiger partial charge in [-0.3, -0.25) is 24.6 Å². The first-order valence-electron chi connectivity index (χ1n) is 10.6. The standard InChI is InChI=1S/C24H25N3O4/c1-17-11-14-25(15-12-17)22-21(19-7-9-20(10-8-19)27(30)31)23(28)26(24(22)29)16-13-18-5-3-2-4-6-18/h2-10,17H,11-16H2,1H3. The van der Waals surface area contributed by atoms with Crippen LogP contribution in [-0.4, -0.2) is 46.2 Å². The Labute approximate surface area is 181 Å². The molecule has 0 saturated carbocycles. The number of carbonyl (C=O) groups excluding carboxylic acids is 2. The van der Waals surface area contributed by atoms with Crippen molar-refractivity contribution < 1.29 is 14.5 Å². The first-order valence-corrected chi connectivity index (χ1v) is 10.6. The Morgan fingerprint density at radius 2 is 1.61 bits per heavy atom. The molecule has 7 nitrogen and oxygen atoms in total. The van der Waals surface area contributed by atoms with Crippen LogP contribution >= 0.6 is 0 Å². The van der Waals surface area contributed by atoms with E-state index < -0.39 is 4.92 Å². The van der Waals surface area contributed by atoms with Crippen molar-refractivity contribution in [3.05, 3.63) is 81.5 Å². The molecule has 0 aliphatic carbocycles. The smallest absolute Gasteiger partial charge is 0.277 e. The Balaban J connectivity index is 1.66. The fourth-order valence-corrected chi connectivity index (χ4v) is 4.19. The zero-order chi connectivity index (χ0) is 22.0. The van der Waals surface area contributed by atoms with Gasteiger partial charge in [-0.15, -0.1) is 0 Å². The Morgan fingerprint density at radius 3 is 2.23 bits per heavy atom. The lowest BCUT2D eigenvalue weighted by molar-refractivity contribution is -0.384. The lowest BCUT2D eigenvalue weighted by Gasteiger charge is -2.32. The molecule has 0 aromatic heterocycles. The number of hydrogen-bond donors (Lipinski definition) is 0. The van der Waals surface area contributed by atoms with Gasteiger partial charge in [0.25, 0.3) is 17.5 Å². The second-order valence-electron chi connectivity index (χ2n) is 8.19. The second kappa shape index (κ2) is 8.71. The molecule has 0 unspecified atom stereocenters. The molecule has 2 aromatic carbocycles. The quantitative estimate of drug-likeness (QED) is 0.405. The van der Waals surface area contributed by atoms with Crippen molar-refractivity contribution in [3.63, 3.8) is 0 Å². The number of non-ortho nitro benzene ring substituents is 1. The Morgan fingerprint density at radius 1 is 0.968 bits per heavy atom. The number of carbonyl (C=O) groups is 2. The molecule has 1 saturated heterocycles. The third-order valence-electron chi connectivity index (χ3n) is 6.08. The normalized spacial score (nSPS) is 17.6. The van der Waals surface area contributed by atoms with E-state index in [-0.39, 0.29) is 17.5 Å². The summed E-state index contributed by atoms with van der Waals surface area (Å²) in [5.74, 6) is -0.0201. The van der Waals surface area contributed by atoms with E-state index in [1.165, 1.54) is 17.0 Å². The van der Waals surface area contributed by atoms with E-state index >= 15 is 0 Å². The third-order valence-corrected chi connectivity index (χ3v) is 6.08. The summed E-state index contributed by atoms with van der Waals surface area (Å²) in [4.78, 5) is 40.6. The molecule has 2 aliphatic heterocycles. The third kappa shape index (κ3) is 4.21. The van der Waals surface area contributed by atoms with Crippen molar-refractivity contribution in [2.75, 3.05) is 19.6 Å². The zero-order valence-corrected chi connectivity index (χ0v) is 17.5. The van der Waals surface area contributed by atoms with E-state index in [0.29, 0.717) is 35.7 Å². The van der Waals surface area contributed by atoms with Crippen LogP contribution in [0.3, 0.4) is 0 Å². The molecule has 1 fully saturated rings. The molecule has 0 spiro atoms. The molecule has 7 heteroatoms. The number of nitro benzene ring substituents is 1. The molecule has 0 atom stereocenters. The number of rotatable bonds is 6. The van der Waals surface area contributed by atoms with Gasteiger partial charge in [0.2, 0.25) is 0 Å². The maximum absolute atomic E-state index is 13.4. The van der Waals surface area contributed by atoms with Crippen LogP contribution in [0.4, 0.5) is 5.69 Å². The number of likely N-dealkylation sites (tertiary alicyclic amines) is 1. The molecule has 2 heterocycles. The summed E-state index contributed by atoms with van der Waals surface area (Å²) in [7, 11) is 0. The van der Waals surface area contributed by atoms with Gasteiger partial charge in [0, 0.05) is 31.8 Å². The van der Waals surface area contributed by atoms with Crippen LogP contribution in [-0.2, 0) is 16.0 Å². The minimum Gasteiger partial charge on any atom is -0.366 e. The maximum Gasteiger partial charge on any atom is 0.277 e. The van der Waals surface area contributed by atoms with Crippen molar-refractivity contribution in [2.24, 2.45) is 5.92 Å². The van der Waals surface area contributed by atoms with Crippen molar-refractivity contribution in [1.29, 1.82) is 0 Å². The van der Waals surface area contributed by atoms with Crippen molar-refractivity contribution >= 4 is 23.1 Å². The maximum atomic E-state index is 13.4. The largest absolute Gasteiger partial charge is 0.366 e. The molecule has 2 amide bonds. The highest BCUT2D eigenvalue weighted by molar-refractivity contribution is 6.35. The molecule has 31 heavy (non-hydrogen) atoms. The zero-order valence-electron chi connectivity index (χ0n) is 17.5. The van der Waals surface area contributed by atoms with E-state index in [9.17, 15) is 19.7 Å². The molecular formula is C24H25N3O4. The molecule has 160 valence electrons. The van der Waals surface area contributed by atoms with E-state index in [1.54, 1.807) is 12.1 Å². The van der Waals surface area contributed by atoms with Crippen molar-refractivity contribution in [2.45, 2.75) is 26.2 Å². The van der Waals surface area contributed by atoms with Crippen LogP contribution in [0.15, 0.2) is 60.3 Å². The summed E-state index contributed by atoms with van der Waals surface area (Å²) >= 11 is 0. The highest BCUT2D eigenvalue weighted by atomic mass is 16.6. The van der Waals surface area contributed by atoms with E-state index in [1.807, 2.05) is 35.2 Å². The van der Waals surface area contributed by atoms with Gasteiger partial charge in [-0.2, -0.15) is 0 Å². The van der Waals surface area contributed by atoms with Gasteiger partial charge in [0.15, 0.2) is 0 Å². The average molecular weight is 419 g/mol. The number of hydrogen-bond acceptors (Lipinski definition) is 5. The van der Waals surface area contributed by atoms with Crippen LogP contribution in [0.1, 0.15) is 30.9 Å². The average Bonchev–Trinajstić information content (AvgIpc) is 3.03. The molecule has 0 bridgehead atoms. The number of nitrogens with zero attached hydrogens (tertiary/aromatic N) is 3. The summed E-state index contributed by atoms with van der Waals surface area (Å²) in [6.07, 6.45) is 2.50. The summed E-state index contributed by atoms with van der Waals surface area (Å²) < 4.78 is 0. The van der Waals surface area contributed by atoms with Crippen LogP contribution < -0.4 is 0 Å². The van der Waals surface area contributed by atoms with Gasteiger partial charge in [0.05, 0.1) is 10.5 Å². The van der Waals surface area contributed by atoms with Crippen LogP contribution in [0, 0.1) is 16.0 Å². The second-order valence-corrected chi connectivity index (χ2v) is 8.19. The van der Waals surface area contributed by atoms with E-state index in [2.05, 4.69) is 6.92 Å². The Bertz CT molecular complexity index is 1020. The van der Waals surface area contributed by atoms with Gasteiger partial charge in [-0.25, -0.2) is 0 Å². The first-order chi connectivity index (χ1) is 15.0. The number of benzene rings is 2. The van der Waals surface area contributed by atoms with E-state index in [0.717, 1.165) is 31.5 Å². The summed E-state index contributed by atoms with van der Waals surface area (Å²) in [5.41, 5.74) is 2.33. The Kier molecular flexibility index (Phi) is 5.84. The number of amides is 2. The predicted octanol–water partition coefficient (Wildman–Crippen LogP) is 3.65. The number of nitro groups is 1. The predicted molar refractivity (Wildman–Crippen MR) is 117 cm³/mol. The summed E-state index contributed by atoms with van der Waals surface area (Å²) in [6.45, 7) is 3.93. The minimum atomic E-state index is -0.473. The monoisotopic (exact) mass is 419 g/mol. The lowest BCUT2D eigenvalue weighted by Crippen LogP contribution is -2.39. The number of imide groups is 1. The molecular weight excluding hydrogens is 394 g/mol. The first kappa shape index (κ1) is 20.8. The van der Waals surface area contributed by atoms with Crippen molar-refractivity contribution in [1.82, 2.24) is 9.80 Å². The molecule has 0 N–H and O–H groups in total. The van der Waals surface area contributed by atoms with Gasteiger partial charge in [-0.05, 0) is 48.4 Å². The van der Waals surface area contributed by atoms with Crippen LogP contribution in [0.5, 0.6) is 0 Å². The topological polar surface area (TPSA) is 83.8 Å². The highest BCUT2D eigenvalue weighted by Crippen LogP contribution is 2.34. The molecule has 2 aromatic rings. The lowest BCUT2D eigenvalue weighted by atomic mass is 9.97. The fourth-order valence-electron chi connectivity index (χ4n) is 4.19. The van der Waals surface area contributed by atoms with Crippen molar-refractivity contribution in [3.8, 4) is 0 Å². The van der Waals surface area contributed by atoms with E-state index in [4.69, 9.17) is 0 Å². The molecule has 4 rings (SSSR count). The molecule has 0 radical (unpaired) electrons. The highest BCUT2D eigenvalue weighted by Gasteiger charge is 2.41. The van der Waals surface area contributed by atoms with Crippen LogP contribution in [0.25, 0.3) is 5.57 Å². The molecule has 2 aliphatic rings. The Hall–Kier alpha value is -3.48. The van der Waals surface area contributed by atoms with Gasteiger partial charge >= 0.3 is 0 Å². The van der Waals surface area contributed by atoms with Gasteiger partial charge in [0.1, 0.15) is 5.70 Å². The summed E-state index contributed by atoms with van der Waals surface area (Å²) in [6, 6.07) is 15.6.